The Bertz CT molecular complexity index is 926. The quantitative estimate of drug-likeness (QED) is 0.663. The summed E-state index contributed by atoms with van der Waals surface area (Å²) >= 11 is 1.39. The van der Waals surface area contributed by atoms with Crippen LogP contribution in [-0.4, -0.2) is 39.0 Å². The maximum absolute atomic E-state index is 12.7. The van der Waals surface area contributed by atoms with Crippen LogP contribution >= 0.6 is 11.3 Å². The smallest absolute Gasteiger partial charge is 0.268 e. The summed E-state index contributed by atoms with van der Waals surface area (Å²) in [5, 5.41) is 4.82. The summed E-state index contributed by atoms with van der Waals surface area (Å²) in [5.74, 6) is -0.318. The Labute approximate surface area is 169 Å². The van der Waals surface area contributed by atoms with Gasteiger partial charge in [-0.05, 0) is 35.7 Å². The zero-order valence-electron chi connectivity index (χ0n) is 16.0. The number of carbonyl (C=O) groups is 2. The van der Waals surface area contributed by atoms with Gasteiger partial charge in [0, 0.05) is 32.9 Å². The van der Waals surface area contributed by atoms with Gasteiger partial charge in [-0.15, -0.1) is 11.3 Å². The average molecular weight is 394 g/mol. The van der Waals surface area contributed by atoms with Crippen molar-refractivity contribution in [1.82, 2.24) is 5.32 Å². The maximum atomic E-state index is 12.7. The number of para-hydroxylation sites is 2. The lowest BCUT2D eigenvalue weighted by molar-refractivity contribution is 0.0955. The number of hydrogen-bond donors (Lipinski definition) is 1. The first kappa shape index (κ1) is 19.6. The van der Waals surface area contributed by atoms with Gasteiger partial charge in [0.1, 0.15) is 0 Å². The van der Waals surface area contributed by atoms with Crippen LogP contribution in [0, 0.1) is 0 Å². The van der Waals surface area contributed by atoms with Crippen LogP contribution in [0.4, 0.5) is 11.4 Å². The van der Waals surface area contributed by atoms with Crippen molar-refractivity contribution in [3.05, 3.63) is 82.6 Å². The summed E-state index contributed by atoms with van der Waals surface area (Å²) in [4.78, 5) is 29.6. The molecule has 0 aliphatic carbocycles. The van der Waals surface area contributed by atoms with E-state index in [0.29, 0.717) is 29.2 Å². The maximum Gasteiger partial charge on any atom is 0.268 e. The van der Waals surface area contributed by atoms with E-state index in [1.165, 1.54) is 16.2 Å². The third-order valence-electron chi connectivity index (χ3n) is 4.48. The Hall–Kier alpha value is -3.12. The first-order valence-electron chi connectivity index (χ1n) is 9.03. The van der Waals surface area contributed by atoms with Crippen LogP contribution in [-0.2, 0) is 0 Å². The lowest BCUT2D eigenvalue weighted by Gasteiger charge is -2.21. The van der Waals surface area contributed by atoms with Crippen LogP contribution < -0.4 is 15.1 Å². The molecule has 0 aliphatic rings. The van der Waals surface area contributed by atoms with E-state index < -0.39 is 0 Å². The number of anilines is 2. The molecule has 0 fully saturated rings. The Morgan fingerprint density at radius 2 is 1.64 bits per heavy atom. The molecule has 1 heterocycles. The number of hydrogen-bond acceptors (Lipinski definition) is 4. The molecule has 5 nitrogen and oxygen atoms in total. The highest BCUT2D eigenvalue weighted by atomic mass is 32.1. The van der Waals surface area contributed by atoms with Crippen molar-refractivity contribution in [3.63, 3.8) is 0 Å². The predicted octanol–water partition coefficient (Wildman–Crippen LogP) is 3.89. The van der Waals surface area contributed by atoms with Gasteiger partial charge >= 0.3 is 0 Å². The molecular formula is C22H23N3O2S. The number of nitrogens with zero attached hydrogens (tertiary/aromatic N) is 2. The molecule has 2 amide bonds. The molecule has 0 atom stereocenters. The molecule has 0 spiro atoms. The lowest BCUT2D eigenvalue weighted by Crippen LogP contribution is -2.34. The third-order valence-corrected chi connectivity index (χ3v) is 5.33. The molecule has 0 saturated carbocycles. The van der Waals surface area contributed by atoms with Crippen molar-refractivity contribution in [2.75, 3.05) is 37.0 Å². The number of rotatable bonds is 7. The minimum absolute atomic E-state index is 0.126. The number of carbonyl (C=O) groups excluding carboxylic acids is 2. The highest BCUT2D eigenvalue weighted by Gasteiger charge is 2.20. The van der Waals surface area contributed by atoms with Crippen LogP contribution in [0.5, 0.6) is 0 Å². The number of nitrogens with one attached hydrogen (secondary N) is 1. The van der Waals surface area contributed by atoms with Gasteiger partial charge in [-0.3, -0.25) is 9.59 Å². The van der Waals surface area contributed by atoms with Gasteiger partial charge in [-0.2, -0.15) is 0 Å². The van der Waals surface area contributed by atoms with Crippen molar-refractivity contribution in [1.29, 1.82) is 0 Å². The lowest BCUT2D eigenvalue weighted by atomic mass is 10.1. The van der Waals surface area contributed by atoms with E-state index in [4.69, 9.17) is 0 Å². The average Bonchev–Trinajstić information content (AvgIpc) is 3.28. The SMILES string of the molecule is CN(CCNC(=O)c1ccccc1N(C)C(=O)c1cccs1)c1ccccc1. The molecule has 6 heteroatoms. The van der Waals surface area contributed by atoms with Gasteiger partial charge in [0.05, 0.1) is 16.1 Å². The van der Waals surface area contributed by atoms with Gasteiger partial charge in [0.2, 0.25) is 0 Å². The summed E-state index contributed by atoms with van der Waals surface area (Å²) in [7, 11) is 3.68. The normalized spacial score (nSPS) is 10.4. The fourth-order valence-corrected chi connectivity index (χ4v) is 3.58. The van der Waals surface area contributed by atoms with Gasteiger partial charge in [0.15, 0.2) is 0 Å². The molecule has 0 aliphatic heterocycles. The van der Waals surface area contributed by atoms with E-state index >= 15 is 0 Å². The van der Waals surface area contributed by atoms with Gasteiger partial charge in [-0.25, -0.2) is 0 Å². The summed E-state index contributed by atoms with van der Waals surface area (Å²) in [6, 6.07) is 20.8. The van der Waals surface area contributed by atoms with Gasteiger partial charge < -0.3 is 15.1 Å². The van der Waals surface area contributed by atoms with E-state index in [-0.39, 0.29) is 11.8 Å². The van der Waals surface area contributed by atoms with Crippen molar-refractivity contribution < 1.29 is 9.59 Å². The molecule has 0 radical (unpaired) electrons. The summed E-state index contributed by atoms with van der Waals surface area (Å²) in [5.41, 5.74) is 2.17. The molecule has 144 valence electrons. The standard InChI is InChI=1S/C22H23N3O2S/c1-24(17-9-4-3-5-10-17)15-14-23-21(26)18-11-6-7-12-19(18)25(2)22(27)20-13-8-16-28-20/h3-13,16H,14-15H2,1-2H3,(H,23,26). The van der Waals surface area contributed by atoms with Crippen LogP contribution in [0.1, 0.15) is 20.0 Å². The highest BCUT2D eigenvalue weighted by molar-refractivity contribution is 7.12. The van der Waals surface area contributed by atoms with Gasteiger partial charge in [0.25, 0.3) is 11.8 Å². The highest BCUT2D eigenvalue weighted by Crippen LogP contribution is 2.22. The largest absolute Gasteiger partial charge is 0.373 e. The Kier molecular flexibility index (Phi) is 6.45. The second-order valence-electron chi connectivity index (χ2n) is 6.37. The topological polar surface area (TPSA) is 52.7 Å². The first-order valence-corrected chi connectivity index (χ1v) is 9.91. The monoisotopic (exact) mass is 393 g/mol. The van der Waals surface area contributed by atoms with E-state index in [1.807, 2.05) is 54.9 Å². The zero-order valence-corrected chi connectivity index (χ0v) is 16.8. The first-order chi connectivity index (χ1) is 13.6. The second kappa shape index (κ2) is 9.19. The molecule has 3 aromatic rings. The molecule has 0 unspecified atom stereocenters. The van der Waals surface area contributed by atoms with Crippen LogP contribution in [0.25, 0.3) is 0 Å². The minimum atomic E-state index is -0.192. The summed E-state index contributed by atoms with van der Waals surface area (Å²) in [6.07, 6.45) is 0. The van der Waals surface area contributed by atoms with E-state index in [0.717, 1.165) is 5.69 Å². The second-order valence-corrected chi connectivity index (χ2v) is 7.32. The molecular weight excluding hydrogens is 370 g/mol. The fraction of sp³-hybridized carbons (Fsp3) is 0.182. The minimum Gasteiger partial charge on any atom is -0.373 e. The molecule has 0 saturated heterocycles. The van der Waals surface area contributed by atoms with Crippen molar-refractivity contribution in [3.8, 4) is 0 Å². The zero-order chi connectivity index (χ0) is 19.9. The van der Waals surface area contributed by atoms with Crippen molar-refractivity contribution >= 4 is 34.5 Å². The molecule has 2 aromatic carbocycles. The fourth-order valence-electron chi connectivity index (χ4n) is 2.88. The third kappa shape index (κ3) is 4.58. The molecule has 28 heavy (non-hydrogen) atoms. The molecule has 1 N–H and O–H groups in total. The predicted molar refractivity (Wildman–Crippen MR) is 116 cm³/mol. The van der Waals surface area contributed by atoms with Crippen LogP contribution in [0.2, 0.25) is 0 Å². The Morgan fingerprint density at radius 1 is 0.929 bits per heavy atom. The van der Waals surface area contributed by atoms with E-state index in [2.05, 4.69) is 10.2 Å². The number of amides is 2. The number of thiophene rings is 1. The molecule has 1 aromatic heterocycles. The van der Waals surface area contributed by atoms with E-state index in [1.54, 1.807) is 31.3 Å². The number of benzene rings is 2. The molecule has 3 rings (SSSR count). The van der Waals surface area contributed by atoms with Crippen molar-refractivity contribution in [2.45, 2.75) is 0 Å². The Morgan fingerprint density at radius 3 is 2.36 bits per heavy atom. The Balaban J connectivity index is 1.65. The van der Waals surface area contributed by atoms with E-state index in [9.17, 15) is 9.59 Å². The van der Waals surface area contributed by atoms with Crippen LogP contribution in [0.3, 0.4) is 0 Å². The van der Waals surface area contributed by atoms with Gasteiger partial charge in [-0.1, -0.05) is 36.4 Å². The summed E-state index contributed by atoms with van der Waals surface area (Å²) in [6.45, 7) is 1.18. The van der Waals surface area contributed by atoms with Crippen LogP contribution in [0.15, 0.2) is 72.1 Å². The summed E-state index contributed by atoms with van der Waals surface area (Å²) < 4.78 is 0. The molecule has 0 bridgehead atoms. The van der Waals surface area contributed by atoms with Crippen molar-refractivity contribution in [2.24, 2.45) is 0 Å². The number of likely N-dealkylation sites (N-methyl/N-ethyl adjacent to an activating group) is 1.